The molecule has 120 valence electrons. The van der Waals surface area contributed by atoms with Crippen LogP contribution < -0.4 is 5.32 Å². The van der Waals surface area contributed by atoms with Crippen LogP contribution in [-0.2, 0) is 0 Å². The zero-order valence-corrected chi connectivity index (χ0v) is 15.6. The summed E-state index contributed by atoms with van der Waals surface area (Å²) in [5.41, 5.74) is 1.19. The Balaban J connectivity index is 2.38. The first-order chi connectivity index (χ1) is 9.99. The molecule has 0 saturated heterocycles. The van der Waals surface area contributed by atoms with E-state index in [4.69, 9.17) is 0 Å². The molecule has 1 N–H and O–H groups in total. The van der Waals surface area contributed by atoms with Crippen molar-refractivity contribution in [3.63, 3.8) is 0 Å². The van der Waals surface area contributed by atoms with Gasteiger partial charge in [-0.25, -0.2) is 0 Å². The van der Waals surface area contributed by atoms with Crippen molar-refractivity contribution in [2.45, 2.75) is 40.5 Å². The molecule has 1 aromatic rings. The van der Waals surface area contributed by atoms with Crippen molar-refractivity contribution in [2.24, 2.45) is 11.8 Å². The number of rotatable bonds is 10. The topological polar surface area (TPSA) is 15.3 Å². The minimum absolute atomic E-state index is 0.780. The maximum Gasteiger partial charge on any atom is 0.0485 e. The summed E-state index contributed by atoms with van der Waals surface area (Å²) in [7, 11) is 0. The van der Waals surface area contributed by atoms with Crippen LogP contribution in [0.1, 0.15) is 40.5 Å². The van der Waals surface area contributed by atoms with Gasteiger partial charge in [0.2, 0.25) is 0 Å². The van der Waals surface area contributed by atoms with E-state index in [1.54, 1.807) is 0 Å². The first-order valence-corrected chi connectivity index (χ1v) is 8.99. The van der Waals surface area contributed by atoms with Crippen molar-refractivity contribution in [1.29, 1.82) is 0 Å². The van der Waals surface area contributed by atoms with Gasteiger partial charge in [0.1, 0.15) is 0 Å². The Morgan fingerprint density at radius 1 is 0.952 bits per heavy atom. The van der Waals surface area contributed by atoms with Gasteiger partial charge < -0.3 is 10.2 Å². The molecular weight excluding hydrogens is 324 g/mol. The van der Waals surface area contributed by atoms with Gasteiger partial charge in [0.05, 0.1) is 0 Å². The monoisotopic (exact) mass is 354 g/mol. The van der Waals surface area contributed by atoms with Crippen molar-refractivity contribution in [3.05, 3.63) is 28.7 Å². The molecular formula is C18H31BrN2. The normalized spacial score (nSPS) is 11.6. The van der Waals surface area contributed by atoms with Crippen molar-refractivity contribution in [1.82, 2.24) is 4.90 Å². The van der Waals surface area contributed by atoms with Crippen LogP contribution >= 0.6 is 15.9 Å². The van der Waals surface area contributed by atoms with Crippen LogP contribution in [0.3, 0.4) is 0 Å². The van der Waals surface area contributed by atoms with Crippen LogP contribution in [0.4, 0.5) is 5.69 Å². The smallest absolute Gasteiger partial charge is 0.0485 e. The number of halogens is 1. The molecule has 0 amide bonds. The first kappa shape index (κ1) is 18.5. The Kier molecular flexibility index (Phi) is 9.02. The van der Waals surface area contributed by atoms with Gasteiger partial charge in [0.25, 0.3) is 0 Å². The predicted octanol–water partition coefficient (Wildman–Crippen LogP) is 5.26. The maximum atomic E-state index is 3.59. The number of nitrogens with zero attached hydrogens (tertiary/aromatic N) is 1. The Hall–Kier alpha value is -0.540. The van der Waals surface area contributed by atoms with Crippen LogP contribution in [0, 0.1) is 11.8 Å². The standard InChI is InChI=1S/C18H31BrN2/c1-15(2)9-12-21(13-10-16(3)4)14-11-20-18-8-6-5-7-17(18)19/h5-8,15-16,20H,9-14H2,1-4H3. The average molecular weight is 355 g/mol. The van der Waals surface area contributed by atoms with E-state index in [-0.39, 0.29) is 0 Å². The summed E-state index contributed by atoms with van der Waals surface area (Å²) in [5.74, 6) is 1.56. The fraction of sp³-hybridized carbons (Fsp3) is 0.667. The zero-order valence-electron chi connectivity index (χ0n) is 14.0. The highest BCUT2D eigenvalue weighted by molar-refractivity contribution is 9.10. The maximum absolute atomic E-state index is 3.59. The van der Waals surface area contributed by atoms with Crippen molar-refractivity contribution < 1.29 is 0 Å². The molecule has 0 radical (unpaired) electrons. The molecule has 0 spiro atoms. The van der Waals surface area contributed by atoms with Crippen molar-refractivity contribution >= 4 is 21.6 Å². The molecule has 0 saturated carbocycles. The first-order valence-electron chi connectivity index (χ1n) is 8.19. The Morgan fingerprint density at radius 2 is 1.52 bits per heavy atom. The Morgan fingerprint density at radius 3 is 2.05 bits per heavy atom. The number of para-hydroxylation sites is 1. The molecule has 21 heavy (non-hydrogen) atoms. The third kappa shape index (κ3) is 8.47. The molecule has 0 aliphatic carbocycles. The molecule has 1 rings (SSSR count). The lowest BCUT2D eigenvalue weighted by Gasteiger charge is -2.24. The van der Waals surface area contributed by atoms with Gasteiger partial charge in [0, 0.05) is 23.2 Å². The van der Waals surface area contributed by atoms with E-state index in [1.165, 1.54) is 31.6 Å². The molecule has 0 atom stereocenters. The summed E-state index contributed by atoms with van der Waals surface area (Å²) < 4.78 is 1.14. The van der Waals surface area contributed by atoms with E-state index in [0.29, 0.717) is 0 Å². The van der Waals surface area contributed by atoms with Crippen LogP contribution in [0.25, 0.3) is 0 Å². The largest absolute Gasteiger partial charge is 0.383 e. The molecule has 0 aliphatic heterocycles. The number of benzene rings is 1. The van der Waals surface area contributed by atoms with E-state index >= 15 is 0 Å². The van der Waals surface area contributed by atoms with E-state index in [0.717, 1.165) is 29.4 Å². The molecule has 0 heterocycles. The number of nitrogens with one attached hydrogen (secondary N) is 1. The lowest BCUT2D eigenvalue weighted by atomic mass is 10.1. The number of hydrogen-bond donors (Lipinski definition) is 1. The third-order valence-electron chi connectivity index (χ3n) is 3.66. The summed E-state index contributed by atoms with van der Waals surface area (Å²) >= 11 is 3.59. The van der Waals surface area contributed by atoms with Gasteiger partial charge in [-0.3, -0.25) is 0 Å². The molecule has 0 unspecified atom stereocenters. The highest BCUT2D eigenvalue weighted by Crippen LogP contribution is 2.20. The quantitative estimate of drug-likeness (QED) is 0.616. The lowest BCUT2D eigenvalue weighted by Crippen LogP contribution is -2.32. The second-order valence-electron chi connectivity index (χ2n) is 6.61. The van der Waals surface area contributed by atoms with E-state index in [2.05, 4.69) is 72.0 Å². The highest BCUT2D eigenvalue weighted by Gasteiger charge is 2.07. The van der Waals surface area contributed by atoms with E-state index in [9.17, 15) is 0 Å². The molecule has 3 heteroatoms. The van der Waals surface area contributed by atoms with Gasteiger partial charge in [0.15, 0.2) is 0 Å². The van der Waals surface area contributed by atoms with Crippen LogP contribution in [0.2, 0.25) is 0 Å². The second kappa shape index (κ2) is 10.2. The molecule has 1 aromatic carbocycles. The van der Waals surface area contributed by atoms with Gasteiger partial charge in [-0.2, -0.15) is 0 Å². The predicted molar refractivity (Wildman–Crippen MR) is 98.0 cm³/mol. The SMILES string of the molecule is CC(C)CCN(CCNc1ccccc1Br)CCC(C)C. The number of hydrogen-bond acceptors (Lipinski definition) is 2. The number of anilines is 1. The summed E-state index contributed by atoms with van der Waals surface area (Å²) in [6.07, 6.45) is 2.57. The zero-order chi connectivity index (χ0) is 15.7. The third-order valence-corrected chi connectivity index (χ3v) is 4.35. The second-order valence-corrected chi connectivity index (χ2v) is 7.47. The summed E-state index contributed by atoms with van der Waals surface area (Å²) in [6.45, 7) is 13.8. The van der Waals surface area contributed by atoms with Gasteiger partial charge in [-0.1, -0.05) is 39.8 Å². The Bertz CT molecular complexity index is 379. The molecule has 0 aromatic heterocycles. The minimum atomic E-state index is 0.780. The molecule has 2 nitrogen and oxygen atoms in total. The fourth-order valence-electron chi connectivity index (χ4n) is 2.17. The van der Waals surface area contributed by atoms with Crippen molar-refractivity contribution in [3.8, 4) is 0 Å². The van der Waals surface area contributed by atoms with Gasteiger partial charge in [-0.15, -0.1) is 0 Å². The average Bonchev–Trinajstić information content (AvgIpc) is 2.42. The van der Waals surface area contributed by atoms with Gasteiger partial charge in [-0.05, 0) is 65.8 Å². The fourth-order valence-corrected chi connectivity index (χ4v) is 2.60. The molecule has 0 bridgehead atoms. The molecule has 0 aliphatic rings. The highest BCUT2D eigenvalue weighted by atomic mass is 79.9. The molecule has 0 fully saturated rings. The van der Waals surface area contributed by atoms with Gasteiger partial charge >= 0.3 is 0 Å². The van der Waals surface area contributed by atoms with Crippen molar-refractivity contribution in [2.75, 3.05) is 31.5 Å². The summed E-state index contributed by atoms with van der Waals surface area (Å²) in [5, 5.41) is 3.53. The summed E-state index contributed by atoms with van der Waals surface area (Å²) in [6, 6.07) is 8.32. The lowest BCUT2D eigenvalue weighted by molar-refractivity contribution is 0.252. The van der Waals surface area contributed by atoms with E-state index < -0.39 is 0 Å². The minimum Gasteiger partial charge on any atom is -0.383 e. The van der Waals surface area contributed by atoms with Crippen LogP contribution in [0.5, 0.6) is 0 Å². The summed E-state index contributed by atoms with van der Waals surface area (Å²) in [4.78, 5) is 2.60. The van der Waals surface area contributed by atoms with E-state index in [1.807, 2.05) is 6.07 Å². The Labute approximate surface area is 139 Å². The van der Waals surface area contributed by atoms with Crippen LogP contribution in [-0.4, -0.2) is 31.1 Å². The van der Waals surface area contributed by atoms with Crippen LogP contribution in [0.15, 0.2) is 28.7 Å².